The predicted molar refractivity (Wildman–Crippen MR) is 192 cm³/mol. The number of amides is 2. The van der Waals surface area contributed by atoms with Crippen molar-refractivity contribution in [1.29, 1.82) is 0 Å². The van der Waals surface area contributed by atoms with Gasteiger partial charge < -0.3 is 35.1 Å². The standard InChI is InChI=1S/C37H37N3O10S/c1-37(2,3)50-36(45)39-29(34(42)43)19-20-38-35(44)49-33-27-12-8-7-11-26(27)30(40-51(46,47)24-16-14-23(48-4)15-17-24)21-28(33)32-25-10-6-5-9-22(25)13-18-31(32)41/h5-18,21,29,40-41H,19-20H2,1-4H3,(H,38,44)(H,39,45)(H,42,43). The fourth-order valence-corrected chi connectivity index (χ4v) is 6.46. The number of fused-ring (bicyclic) bond motifs is 2. The van der Waals surface area contributed by atoms with Crippen LogP contribution in [0.1, 0.15) is 27.2 Å². The Bertz CT molecular complexity index is 2210. The molecule has 5 rings (SSSR count). The minimum Gasteiger partial charge on any atom is -0.507 e. The Labute approximate surface area is 294 Å². The number of hydrogen-bond acceptors (Lipinski definition) is 9. The molecule has 0 saturated carbocycles. The van der Waals surface area contributed by atoms with Gasteiger partial charge in [-0.15, -0.1) is 0 Å². The molecule has 5 aromatic carbocycles. The second-order valence-corrected chi connectivity index (χ2v) is 14.1. The summed E-state index contributed by atoms with van der Waals surface area (Å²) in [7, 11) is -2.67. The molecular formula is C37H37N3O10S. The van der Waals surface area contributed by atoms with Crippen LogP contribution in [0.4, 0.5) is 15.3 Å². The van der Waals surface area contributed by atoms with Crippen molar-refractivity contribution < 1.29 is 47.2 Å². The van der Waals surface area contributed by atoms with Crippen LogP contribution < -0.4 is 24.8 Å². The Morgan fingerprint density at radius 2 is 1.49 bits per heavy atom. The Morgan fingerprint density at radius 1 is 0.843 bits per heavy atom. The van der Waals surface area contributed by atoms with E-state index in [4.69, 9.17) is 14.2 Å². The number of ether oxygens (including phenoxy) is 3. The lowest BCUT2D eigenvalue weighted by Gasteiger charge is -2.22. The molecule has 0 saturated heterocycles. The molecule has 0 heterocycles. The second-order valence-electron chi connectivity index (χ2n) is 12.5. The van der Waals surface area contributed by atoms with Gasteiger partial charge in [0.1, 0.15) is 28.9 Å². The third-order valence-corrected chi connectivity index (χ3v) is 9.05. The number of carboxylic acid groups (broad SMARTS) is 1. The molecule has 0 aliphatic carbocycles. The van der Waals surface area contributed by atoms with Crippen molar-refractivity contribution in [2.75, 3.05) is 18.4 Å². The zero-order valence-electron chi connectivity index (χ0n) is 28.2. The minimum absolute atomic E-state index is 0.00353. The fraction of sp³-hybridized carbons (Fsp3) is 0.216. The summed E-state index contributed by atoms with van der Waals surface area (Å²) in [5.41, 5.74) is -0.229. The van der Waals surface area contributed by atoms with Crippen LogP contribution in [0.3, 0.4) is 0 Å². The molecule has 0 spiro atoms. The Kier molecular flexibility index (Phi) is 10.6. The molecule has 2 amide bonds. The quantitative estimate of drug-likeness (QED) is 0.0992. The highest BCUT2D eigenvalue weighted by atomic mass is 32.2. The van der Waals surface area contributed by atoms with E-state index in [-0.39, 0.29) is 46.2 Å². The van der Waals surface area contributed by atoms with Crippen LogP contribution in [0.5, 0.6) is 17.2 Å². The van der Waals surface area contributed by atoms with E-state index in [1.165, 1.54) is 43.5 Å². The summed E-state index contributed by atoms with van der Waals surface area (Å²) in [6, 6.07) is 23.0. The van der Waals surface area contributed by atoms with Crippen molar-refractivity contribution in [3.05, 3.63) is 91.0 Å². The number of aromatic hydroxyl groups is 1. The number of aliphatic carboxylic acids is 1. The van der Waals surface area contributed by atoms with Crippen LogP contribution in [0.15, 0.2) is 95.9 Å². The van der Waals surface area contributed by atoms with Crippen molar-refractivity contribution in [2.24, 2.45) is 0 Å². The number of nitrogens with one attached hydrogen (secondary N) is 3. The first-order chi connectivity index (χ1) is 24.2. The highest BCUT2D eigenvalue weighted by Gasteiger charge is 2.26. The SMILES string of the molecule is COc1ccc(S(=O)(=O)Nc2cc(-c3c(O)ccc4ccccc34)c(OC(=O)NCCC(NC(=O)OC(C)(C)C)C(=O)O)c3ccccc23)cc1. The molecule has 5 N–H and O–H groups in total. The molecule has 0 aliphatic rings. The van der Waals surface area contributed by atoms with Gasteiger partial charge in [0.05, 0.1) is 17.7 Å². The topological polar surface area (TPSA) is 190 Å². The van der Waals surface area contributed by atoms with Gasteiger partial charge in [-0.05, 0) is 74.4 Å². The highest BCUT2D eigenvalue weighted by molar-refractivity contribution is 7.92. The van der Waals surface area contributed by atoms with Gasteiger partial charge in [0.25, 0.3) is 10.0 Å². The zero-order chi connectivity index (χ0) is 36.9. The maximum Gasteiger partial charge on any atom is 0.412 e. The zero-order valence-corrected chi connectivity index (χ0v) is 29.0. The summed E-state index contributed by atoms with van der Waals surface area (Å²) in [5.74, 6) is -1.01. The predicted octanol–water partition coefficient (Wildman–Crippen LogP) is 6.63. The number of phenolic OH excluding ortho intramolecular Hbond substituents is 1. The van der Waals surface area contributed by atoms with Crippen molar-refractivity contribution >= 4 is 55.4 Å². The number of carboxylic acids is 1. The summed E-state index contributed by atoms with van der Waals surface area (Å²) in [6.45, 7) is 4.70. The van der Waals surface area contributed by atoms with Crippen LogP contribution in [0.25, 0.3) is 32.7 Å². The van der Waals surface area contributed by atoms with Crippen LogP contribution in [-0.4, -0.2) is 62.1 Å². The normalized spacial score (nSPS) is 12.2. The number of sulfonamides is 1. The van der Waals surface area contributed by atoms with E-state index in [1.54, 1.807) is 63.2 Å². The monoisotopic (exact) mass is 715 g/mol. The van der Waals surface area contributed by atoms with Crippen LogP contribution >= 0.6 is 0 Å². The summed E-state index contributed by atoms with van der Waals surface area (Å²) in [4.78, 5) is 37.3. The molecule has 13 nitrogen and oxygen atoms in total. The molecule has 5 aromatic rings. The third-order valence-electron chi connectivity index (χ3n) is 7.67. The van der Waals surface area contributed by atoms with Crippen LogP contribution in [-0.2, 0) is 19.6 Å². The first kappa shape index (κ1) is 36.3. The van der Waals surface area contributed by atoms with E-state index in [0.29, 0.717) is 21.9 Å². The van der Waals surface area contributed by atoms with Crippen molar-refractivity contribution in [1.82, 2.24) is 10.6 Å². The van der Waals surface area contributed by atoms with E-state index in [9.17, 15) is 33.0 Å². The maximum absolute atomic E-state index is 13.6. The molecular weight excluding hydrogens is 678 g/mol. The van der Waals surface area contributed by atoms with Gasteiger partial charge in [-0.25, -0.2) is 22.8 Å². The molecule has 266 valence electrons. The lowest BCUT2D eigenvalue weighted by molar-refractivity contribution is -0.139. The summed E-state index contributed by atoms with van der Waals surface area (Å²) < 4.78 is 46.1. The van der Waals surface area contributed by atoms with Gasteiger partial charge in [0, 0.05) is 28.4 Å². The molecule has 0 aromatic heterocycles. The van der Waals surface area contributed by atoms with E-state index < -0.39 is 39.8 Å². The van der Waals surface area contributed by atoms with Gasteiger partial charge >= 0.3 is 18.2 Å². The Morgan fingerprint density at radius 3 is 2.14 bits per heavy atom. The summed E-state index contributed by atoms with van der Waals surface area (Å²) in [6.07, 6.45) is -2.09. The first-order valence-electron chi connectivity index (χ1n) is 15.8. The molecule has 0 radical (unpaired) electrons. The van der Waals surface area contributed by atoms with E-state index in [1.807, 2.05) is 12.1 Å². The van der Waals surface area contributed by atoms with Crippen LogP contribution in [0, 0.1) is 0 Å². The summed E-state index contributed by atoms with van der Waals surface area (Å²) >= 11 is 0. The lowest BCUT2D eigenvalue weighted by atomic mass is 9.93. The summed E-state index contributed by atoms with van der Waals surface area (Å²) in [5, 5.41) is 27.7. The minimum atomic E-state index is -4.14. The van der Waals surface area contributed by atoms with Gasteiger partial charge in [-0.2, -0.15) is 0 Å². The average molecular weight is 716 g/mol. The molecule has 51 heavy (non-hydrogen) atoms. The van der Waals surface area contributed by atoms with Gasteiger partial charge in [-0.3, -0.25) is 4.72 Å². The van der Waals surface area contributed by atoms with Crippen molar-refractivity contribution in [2.45, 2.75) is 43.7 Å². The van der Waals surface area contributed by atoms with Gasteiger partial charge in [0.2, 0.25) is 0 Å². The van der Waals surface area contributed by atoms with E-state index in [2.05, 4.69) is 15.4 Å². The number of phenols is 1. The Hall–Kier alpha value is -6.02. The highest BCUT2D eigenvalue weighted by Crippen LogP contribution is 2.47. The largest absolute Gasteiger partial charge is 0.507 e. The van der Waals surface area contributed by atoms with Crippen molar-refractivity contribution in [3.63, 3.8) is 0 Å². The second kappa shape index (κ2) is 14.8. The lowest BCUT2D eigenvalue weighted by Crippen LogP contribution is -2.45. The number of rotatable bonds is 11. The average Bonchev–Trinajstić information content (AvgIpc) is 3.08. The molecule has 0 fully saturated rings. The third kappa shape index (κ3) is 8.59. The fourth-order valence-electron chi connectivity index (χ4n) is 5.39. The number of alkyl carbamates (subject to hydrolysis) is 1. The van der Waals surface area contributed by atoms with E-state index in [0.717, 1.165) is 5.39 Å². The van der Waals surface area contributed by atoms with Crippen LogP contribution in [0.2, 0.25) is 0 Å². The van der Waals surface area contributed by atoms with Crippen molar-refractivity contribution in [3.8, 4) is 28.4 Å². The molecule has 0 aliphatic heterocycles. The smallest absolute Gasteiger partial charge is 0.412 e. The van der Waals surface area contributed by atoms with Gasteiger partial charge in [-0.1, -0.05) is 54.6 Å². The Balaban J connectivity index is 1.53. The molecule has 1 atom stereocenters. The maximum atomic E-state index is 13.6. The number of anilines is 1. The number of carbonyl (C=O) groups excluding carboxylic acids is 2. The molecule has 1 unspecified atom stereocenters. The number of benzene rings is 5. The van der Waals surface area contributed by atoms with Gasteiger partial charge in [0.15, 0.2) is 0 Å². The number of carbonyl (C=O) groups is 3. The molecule has 0 bridgehead atoms. The molecule has 14 heteroatoms. The number of hydrogen-bond donors (Lipinski definition) is 5. The van der Waals surface area contributed by atoms with E-state index >= 15 is 0 Å². The first-order valence-corrected chi connectivity index (χ1v) is 17.3. The number of methoxy groups -OCH3 is 1.